The number of nitrogens with one attached hydrogen (secondary N) is 1. The molecular weight excluding hydrogens is 270 g/mol. The Morgan fingerprint density at radius 2 is 1.86 bits per heavy atom. The average molecular weight is 293 g/mol. The highest BCUT2D eigenvalue weighted by molar-refractivity contribution is 5.78. The maximum Gasteiger partial charge on any atom is 0.308 e. The van der Waals surface area contributed by atoms with E-state index in [1.807, 2.05) is 32.9 Å². The van der Waals surface area contributed by atoms with Crippen LogP contribution < -0.4 is 10.1 Å². The molecule has 0 aliphatic heterocycles. The van der Waals surface area contributed by atoms with Crippen molar-refractivity contribution in [3.8, 4) is 5.75 Å². The monoisotopic (exact) mass is 293 g/mol. The molecule has 0 heterocycles. The molecule has 0 spiro atoms. The van der Waals surface area contributed by atoms with Crippen LogP contribution >= 0.6 is 0 Å². The summed E-state index contributed by atoms with van der Waals surface area (Å²) in [6, 6.07) is 7.38. The summed E-state index contributed by atoms with van der Waals surface area (Å²) in [5, 5.41) is 11.7. The minimum atomic E-state index is -0.886. The Morgan fingerprint density at radius 1 is 1.24 bits per heavy atom. The third kappa shape index (κ3) is 6.79. The SMILES string of the molecule is Cc1ccc(OCC(=O)NCC(CC(C)C)C(=O)O)cc1. The molecule has 5 nitrogen and oxygen atoms in total. The van der Waals surface area contributed by atoms with Crippen molar-refractivity contribution in [2.24, 2.45) is 11.8 Å². The smallest absolute Gasteiger partial charge is 0.308 e. The third-order valence-electron chi connectivity index (χ3n) is 3.04. The van der Waals surface area contributed by atoms with E-state index in [-0.39, 0.29) is 25.0 Å². The van der Waals surface area contributed by atoms with E-state index in [9.17, 15) is 9.59 Å². The molecule has 0 aliphatic rings. The zero-order chi connectivity index (χ0) is 15.8. The predicted octanol–water partition coefficient (Wildman–Crippen LogP) is 2.24. The van der Waals surface area contributed by atoms with Crippen LogP contribution in [0.4, 0.5) is 0 Å². The van der Waals surface area contributed by atoms with Crippen LogP contribution in [0.15, 0.2) is 24.3 Å². The fraction of sp³-hybridized carbons (Fsp3) is 0.500. The summed E-state index contributed by atoms with van der Waals surface area (Å²) in [5.74, 6) is -0.873. The van der Waals surface area contributed by atoms with Crippen LogP contribution in [0.2, 0.25) is 0 Å². The quantitative estimate of drug-likeness (QED) is 0.770. The number of hydrogen-bond acceptors (Lipinski definition) is 3. The Labute approximate surface area is 125 Å². The summed E-state index contributed by atoms with van der Waals surface area (Å²) in [6.45, 7) is 5.90. The van der Waals surface area contributed by atoms with Crippen molar-refractivity contribution in [3.05, 3.63) is 29.8 Å². The van der Waals surface area contributed by atoms with Crippen LogP contribution in [0.3, 0.4) is 0 Å². The highest BCUT2D eigenvalue weighted by atomic mass is 16.5. The minimum Gasteiger partial charge on any atom is -0.484 e. The lowest BCUT2D eigenvalue weighted by atomic mass is 9.97. The fourth-order valence-corrected chi connectivity index (χ4v) is 1.91. The number of carboxylic acids is 1. The summed E-state index contributed by atoms with van der Waals surface area (Å²) < 4.78 is 5.34. The topological polar surface area (TPSA) is 75.6 Å². The Hall–Kier alpha value is -2.04. The molecule has 2 N–H and O–H groups in total. The highest BCUT2D eigenvalue weighted by Crippen LogP contribution is 2.12. The molecule has 0 saturated heterocycles. The Kier molecular flexibility index (Phi) is 6.72. The van der Waals surface area contributed by atoms with Crippen molar-refractivity contribution < 1.29 is 19.4 Å². The van der Waals surface area contributed by atoms with Gasteiger partial charge in [0.1, 0.15) is 5.75 Å². The van der Waals surface area contributed by atoms with Gasteiger partial charge in [0.15, 0.2) is 6.61 Å². The molecule has 1 aromatic rings. The van der Waals surface area contributed by atoms with Crippen molar-refractivity contribution >= 4 is 11.9 Å². The number of carbonyl (C=O) groups is 2. The molecule has 1 amide bonds. The number of carboxylic acid groups (broad SMARTS) is 1. The lowest BCUT2D eigenvalue weighted by molar-refractivity contribution is -0.142. The first-order chi connectivity index (χ1) is 9.88. The summed E-state index contributed by atoms with van der Waals surface area (Å²) in [5.41, 5.74) is 1.12. The Bertz CT molecular complexity index is 468. The van der Waals surface area contributed by atoms with Crippen molar-refractivity contribution in [1.82, 2.24) is 5.32 Å². The third-order valence-corrected chi connectivity index (χ3v) is 3.04. The van der Waals surface area contributed by atoms with Gasteiger partial charge in [-0.2, -0.15) is 0 Å². The number of ether oxygens (including phenoxy) is 1. The molecular formula is C16H23NO4. The van der Waals surface area contributed by atoms with Crippen LogP contribution in [0.25, 0.3) is 0 Å². The number of hydrogen-bond donors (Lipinski definition) is 2. The number of benzene rings is 1. The molecule has 1 atom stereocenters. The second kappa shape index (κ2) is 8.29. The number of rotatable bonds is 8. The zero-order valence-corrected chi connectivity index (χ0v) is 12.8. The predicted molar refractivity (Wildman–Crippen MR) is 80.3 cm³/mol. The van der Waals surface area contributed by atoms with Crippen molar-refractivity contribution in [3.63, 3.8) is 0 Å². The van der Waals surface area contributed by atoms with Gasteiger partial charge in [-0.3, -0.25) is 9.59 Å². The van der Waals surface area contributed by atoms with E-state index >= 15 is 0 Å². The largest absolute Gasteiger partial charge is 0.484 e. The van der Waals surface area contributed by atoms with E-state index in [1.165, 1.54) is 0 Å². The number of carbonyl (C=O) groups excluding carboxylic acids is 1. The van der Waals surface area contributed by atoms with Crippen LogP contribution in [0.5, 0.6) is 5.75 Å². The number of aryl methyl sites for hydroxylation is 1. The minimum absolute atomic E-state index is 0.114. The molecule has 0 saturated carbocycles. The lowest BCUT2D eigenvalue weighted by Gasteiger charge is -2.15. The van der Waals surface area contributed by atoms with E-state index in [0.717, 1.165) is 5.56 Å². The molecule has 1 rings (SSSR count). The Morgan fingerprint density at radius 3 is 2.38 bits per heavy atom. The normalized spacial score (nSPS) is 12.0. The second-order valence-electron chi connectivity index (χ2n) is 5.57. The van der Waals surface area contributed by atoms with Crippen molar-refractivity contribution in [2.45, 2.75) is 27.2 Å². The highest BCUT2D eigenvalue weighted by Gasteiger charge is 2.19. The maximum absolute atomic E-state index is 11.7. The summed E-state index contributed by atoms with van der Waals surface area (Å²) in [7, 11) is 0. The molecule has 1 unspecified atom stereocenters. The molecule has 0 bridgehead atoms. The van der Waals surface area contributed by atoms with E-state index in [4.69, 9.17) is 9.84 Å². The van der Waals surface area contributed by atoms with Crippen LogP contribution in [-0.4, -0.2) is 30.1 Å². The molecule has 116 valence electrons. The molecule has 5 heteroatoms. The van der Waals surface area contributed by atoms with Gasteiger partial charge in [0.25, 0.3) is 5.91 Å². The first-order valence-electron chi connectivity index (χ1n) is 7.07. The summed E-state index contributed by atoms with van der Waals surface area (Å²) in [4.78, 5) is 22.7. The fourth-order valence-electron chi connectivity index (χ4n) is 1.91. The van der Waals surface area contributed by atoms with Gasteiger partial charge in [0.05, 0.1) is 5.92 Å². The molecule has 1 aromatic carbocycles. The second-order valence-corrected chi connectivity index (χ2v) is 5.57. The maximum atomic E-state index is 11.7. The van der Waals surface area contributed by atoms with E-state index < -0.39 is 11.9 Å². The van der Waals surface area contributed by atoms with Gasteiger partial charge in [0.2, 0.25) is 0 Å². The first-order valence-corrected chi connectivity index (χ1v) is 7.07. The van der Waals surface area contributed by atoms with Crippen molar-refractivity contribution in [1.29, 1.82) is 0 Å². The summed E-state index contributed by atoms with van der Waals surface area (Å²) >= 11 is 0. The molecule has 0 aromatic heterocycles. The average Bonchev–Trinajstić information content (AvgIpc) is 2.42. The van der Waals surface area contributed by atoms with Gasteiger partial charge in [-0.25, -0.2) is 0 Å². The first kappa shape index (κ1) is 17.0. The van der Waals surface area contributed by atoms with E-state index in [0.29, 0.717) is 12.2 Å². The van der Waals surface area contributed by atoms with Crippen LogP contribution in [-0.2, 0) is 9.59 Å². The summed E-state index contributed by atoms with van der Waals surface area (Å²) in [6.07, 6.45) is 0.536. The van der Waals surface area contributed by atoms with Crippen molar-refractivity contribution in [2.75, 3.05) is 13.2 Å². The van der Waals surface area contributed by atoms with Gasteiger partial charge < -0.3 is 15.2 Å². The molecule has 21 heavy (non-hydrogen) atoms. The van der Waals surface area contributed by atoms with Gasteiger partial charge in [-0.15, -0.1) is 0 Å². The van der Waals surface area contributed by atoms with Gasteiger partial charge >= 0.3 is 5.97 Å². The lowest BCUT2D eigenvalue weighted by Crippen LogP contribution is -2.36. The molecule has 0 radical (unpaired) electrons. The van der Waals surface area contributed by atoms with Gasteiger partial charge in [0, 0.05) is 6.54 Å². The zero-order valence-electron chi connectivity index (χ0n) is 12.8. The van der Waals surface area contributed by atoms with Crippen LogP contribution in [0, 0.1) is 18.8 Å². The van der Waals surface area contributed by atoms with Gasteiger partial charge in [-0.05, 0) is 31.4 Å². The van der Waals surface area contributed by atoms with E-state index in [2.05, 4.69) is 5.32 Å². The van der Waals surface area contributed by atoms with Gasteiger partial charge in [-0.1, -0.05) is 31.5 Å². The number of aliphatic carboxylic acids is 1. The molecule has 0 aliphatic carbocycles. The number of amides is 1. The van der Waals surface area contributed by atoms with Crippen LogP contribution in [0.1, 0.15) is 25.8 Å². The molecule has 0 fully saturated rings. The Balaban J connectivity index is 2.35. The standard InChI is InChI=1S/C16H23NO4/c1-11(2)8-13(16(19)20)9-17-15(18)10-21-14-6-4-12(3)5-7-14/h4-7,11,13H,8-10H2,1-3H3,(H,17,18)(H,19,20). The van der Waals surface area contributed by atoms with E-state index in [1.54, 1.807) is 12.1 Å².